The molecule has 0 aliphatic rings. The molecule has 0 heterocycles. The van der Waals surface area contributed by atoms with Gasteiger partial charge in [0.2, 0.25) is 5.91 Å². The fraction of sp³-hybridized carbons (Fsp3) is 0.273. The maximum atomic E-state index is 11.0. The monoisotopic (exact) mass is 239 g/mol. The Morgan fingerprint density at radius 1 is 1.18 bits per heavy atom. The van der Waals surface area contributed by atoms with Gasteiger partial charge in [0.05, 0.1) is 19.9 Å². The fourth-order valence-electron chi connectivity index (χ4n) is 1.35. The number of ether oxygens (including phenoxy) is 2. The number of anilines is 1. The zero-order valence-corrected chi connectivity index (χ0v) is 9.73. The van der Waals surface area contributed by atoms with Gasteiger partial charge < -0.3 is 19.9 Å². The molecule has 0 bridgehead atoms. The lowest BCUT2D eigenvalue weighted by molar-refractivity contribution is -0.114. The molecular formula is C11H13NO5. The van der Waals surface area contributed by atoms with Crippen LogP contribution in [0, 0.1) is 0 Å². The second-order valence-corrected chi connectivity index (χ2v) is 3.24. The first-order chi connectivity index (χ1) is 7.99. The van der Waals surface area contributed by atoms with Crippen molar-refractivity contribution in [2.24, 2.45) is 0 Å². The van der Waals surface area contributed by atoms with Crippen LogP contribution in [-0.4, -0.2) is 31.2 Å². The molecule has 2 N–H and O–H groups in total. The normalized spacial score (nSPS) is 9.59. The molecule has 0 aliphatic carbocycles. The number of hydrogen-bond acceptors (Lipinski definition) is 4. The summed E-state index contributed by atoms with van der Waals surface area (Å²) in [6.45, 7) is 1.32. The number of amides is 1. The standard InChI is InChI=1S/C11H13NO5/c1-6(13)12-8-4-7(11(14)15)9(16-2)5-10(8)17-3/h4-5H,1-3H3,(H,12,13)(H,14,15). The summed E-state index contributed by atoms with van der Waals surface area (Å²) < 4.78 is 9.97. The van der Waals surface area contributed by atoms with E-state index in [2.05, 4.69) is 5.32 Å². The molecule has 0 saturated carbocycles. The van der Waals surface area contributed by atoms with Crippen LogP contribution in [0.2, 0.25) is 0 Å². The van der Waals surface area contributed by atoms with E-state index in [9.17, 15) is 9.59 Å². The van der Waals surface area contributed by atoms with Crippen LogP contribution < -0.4 is 14.8 Å². The molecule has 0 unspecified atom stereocenters. The molecule has 1 amide bonds. The average molecular weight is 239 g/mol. The van der Waals surface area contributed by atoms with E-state index in [1.165, 1.54) is 33.3 Å². The Hall–Kier alpha value is -2.24. The molecule has 0 aromatic heterocycles. The number of methoxy groups -OCH3 is 2. The number of nitrogens with one attached hydrogen (secondary N) is 1. The van der Waals surface area contributed by atoms with E-state index in [0.717, 1.165) is 0 Å². The number of carboxylic acid groups (broad SMARTS) is 1. The van der Waals surface area contributed by atoms with Crippen molar-refractivity contribution >= 4 is 17.6 Å². The van der Waals surface area contributed by atoms with Crippen LogP contribution in [0.4, 0.5) is 5.69 Å². The SMILES string of the molecule is COc1cc(OC)c(C(=O)O)cc1NC(C)=O. The Labute approximate surface area is 98.2 Å². The van der Waals surface area contributed by atoms with E-state index in [1.807, 2.05) is 0 Å². The number of carbonyl (C=O) groups excluding carboxylic acids is 1. The van der Waals surface area contributed by atoms with Crippen molar-refractivity contribution in [1.29, 1.82) is 0 Å². The van der Waals surface area contributed by atoms with Crippen molar-refractivity contribution in [3.63, 3.8) is 0 Å². The van der Waals surface area contributed by atoms with Gasteiger partial charge in [-0.2, -0.15) is 0 Å². The Kier molecular flexibility index (Phi) is 3.92. The van der Waals surface area contributed by atoms with Gasteiger partial charge in [0, 0.05) is 13.0 Å². The van der Waals surface area contributed by atoms with E-state index >= 15 is 0 Å². The Bertz CT molecular complexity index is 455. The summed E-state index contributed by atoms with van der Waals surface area (Å²) >= 11 is 0. The van der Waals surface area contributed by atoms with Crippen LogP contribution in [0.25, 0.3) is 0 Å². The van der Waals surface area contributed by atoms with Gasteiger partial charge in [-0.15, -0.1) is 0 Å². The fourth-order valence-corrected chi connectivity index (χ4v) is 1.35. The number of carboxylic acids is 1. The first-order valence-electron chi connectivity index (χ1n) is 4.76. The van der Waals surface area contributed by atoms with Gasteiger partial charge in [-0.3, -0.25) is 4.79 Å². The van der Waals surface area contributed by atoms with Crippen LogP contribution in [0.15, 0.2) is 12.1 Å². The summed E-state index contributed by atoms with van der Waals surface area (Å²) in [7, 11) is 2.78. The summed E-state index contributed by atoms with van der Waals surface area (Å²) in [5.74, 6) is -0.952. The van der Waals surface area contributed by atoms with Crippen molar-refractivity contribution < 1.29 is 24.2 Å². The topological polar surface area (TPSA) is 84.9 Å². The number of hydrogen-bond donors (Lipinski definition) is 2. The average Bonchev–Trinajstić information content (AvgIpc) is 2.27. The highest BCUT2D eigenvalue weighted by atomic mass is 16.5. The van der Waals surface area contributed by atoms with Crippen LogP contribution >= 0.6 is 0 Å². The second-order valence-electron chi connectivity index (χ2n) is 3.24. The Balaban J connectivity index is 3.33. The maximum Gasteiger partial charge on any atom is 0.339 e. The van der Waals surface area contributed by atoms with Gasteiger partial charge in [-0.05, 0) is 6.07 Å². The van der Waals surface area contributed by atoms with Crippen molar-refractivity contribution in [3.8, 4) is 11.5 Å². The van der Waals surface area contributed by atoms with E-state index in [1.54, 1.807) is 0 Å². The van der Waals surface area contributed by atoms with Gasteiger partial charge in [0.15, 0.2) is 0 Å². The van der Waals surface area contributed by atoms with E-state index in [4.69, 9.17) is 14.6 Å². The molecule has 0 fully saturated rings. The maximum absolute atomic E-state index is 11.0. The summed E-state index contributed by atoms with van der Waals surface area (Å²) in [6, 6.07) is 2.70. The van der Waals surface area contributed by atoms with Crippen LogP contribution in [-0.2, 0) is 4.79 Å². The van der Waals surface area contributed by atoms with Gasteiger partial charge in [0.25, 0.3) is 0 Å². The molecule has 1 rings (SSSR count). The molecule has 1 aromatic rings. The van der Waals surface area contributed by atoms with Gasteiger partial charge >= 0.3 is 5.97 Å². The van der Waals surface area contributed by atoms with E-state index < -0.39 is 5.97 Å². The molecular weight excluding hydrogens is 226 g/mol. The smallest absolute Gasteiger partial charge is 0.339 e. The zero-order valence-electron chi connectivity index (χ0n) is 9.73. The molecule has 92 valence electrons. The van der Waals surface area contributed by atoms with Crippen molar-refractivity contribution in [2.75, 3.05) is 19.5 Å². The minimum absolute atomic E-state index is 0.0444. The third-order valence-electron chi connectivity index (χ3n) is 2.06. The highest BCUT2D eigenvalue weighted by molar-refractivity contribution is 5.96. The minimum Gasteiger partial charge on any atom is -0.496 e. The van der Waals surface area contributed by atoms with E-state index in [0.29, 0.717) is 11.4 Å². The number of benzene rings is 1. The lowest BCUT2D eigenvalue weighted by Gasteiger charge is -2.12. The van der Waals surface area contributed by atoms with Crippen molar-refractivity contribution in [1.82, 2.24) is 0 Å². The van der Waals surface area contributed by atoms with Gasteiger partial charge in [-0.1, -0.05) is 0 Å². The summed E-state index contributed by atoms with van der Waals surface area (Å²) in [5.41, 5.74) is 0.246. The van der Waals surface area contributed by atoms with Gasteiger partial charge in [0.1, 0.15) is 17.1 Å². The second kappa shape index (κ2) is 5.20. The lowest BCUT2D eigenvalue weighted by Crippen LogP contribution is -2.09. The molecule has 0 atom stereocenters. The van der Waals surface area contributed by atoms with E-state index in [-0.39, 0.29) is 17.2 Å². The largest absolute Gasteiger partial charge is 0.496 e. The third kappa shape index (κ3) is 2.87. The predicted octanol–water partition coefficient (Wildman–Crippen LogP) is 1.36. The molecule has 0 spiro atoms. The van der Waals surface area contributed by atoms with Gasteiger partial charge in [-0.25, -0.2) is 4.79 Å². The predicted molar refractivity (Wildman–Crippen MR) is 60.8 cm³/mol. The lowest BCUT2D eigenvalue weighted by atomic mass is 10.1. The summed E-state index contributed by atoms with van der Waals surface area (Å²) in [5, 5.41) is 11.5. The molecule has 1 aromatic carbocycles. The first kappa shape index (κ1) is 12.8. The quantitative estimate of drug-likeness (QED) is 0.828. The highest BCUT2D eigenvalue weighted by Crippen LogP contribution is 2.32. The van der Waals surface area contributed by atoms with Crippen LogP contribution in [0.1, 0.15) is 17.3 Å². The van der Waals surface area contributed by atoms with Crippen LogP contribution in [0.3, 0.4) is 0 Å². The molecule has 6 nitrogen and oxygen atoms in total. The molecule has 17 heavy (non-hydrogen) atoms. The minimum atomic E-state index is -1.14. The molecule has 0 radical (unpaired) electrons. The zero-order chi connectivity index (χ0) is 13.0. The summed E-state index contributed by atoms with van der Waals surface area (Å²) in [4.78, 5) is 22.0. The van der Waals surface area contributed by atoms with Crippen LogP contribution in [0.5, 0.6) is 11.5 Å². The molecule has 0 saturated heterocycles. The Morgan fingerprint density at radius 3 is 2.18 bits per heavy atom. The molecule has 0 aliphatic heterocycles. The van der Waals surface area contributed by atoms with Crippen molar-refractivity contribution in [2.45, 2.75) is 6.92 Å². The highest BCUT2D eigenvalue weighted by Gasteiger charge is 2.16. The summed E-state index contributed by atoms with van der Waals surface area (Å²) in [6.07, 6.45) is 0. The third-order valence-corrected chi connectivity index (χ3v) is 2.06. The first-order valence-corrected chi connectivity index (χ1v) is 4.76. The number of carbonyl (C=O) groups is 2. The number of aromatic carboxylic acids is 1. The number of rotatable bonds is 4. The molecule has 6 heteroatoms. The Morgan fingerprint density at radius 2 is 1.76 bits per heavy atom. The van der Waals surface area contributed by atoms with Crippen molar-refractivity contribution in [3.05, 3.63) is 17.7 Å².